The number of phenolic OH excluding ortho intramolecular Hbond substituents is 1. The Kier molecular flexibility index (Phi) is 12.5. The average molecular weight is 449 g/mol. The van der Waals surface area contributed by atoms with Gasteiger partial charge in [0.15, 0.2) is 5.96 Å². The van der Waals surface area contributed by atoms with Crippen molar-refractivity contribution >= 4 is 29.9 Å². The Hall–Kier alpha value is -1.18. The van der Waals surface area contributed by atoms with Crippen molar-refractivity contribution in [1.82, 2.24) is 10.6 Å². The molecule has 0 bridgehead atoms. The molecule has 0 saturated carbocycles. The van der Waals surface area contributed by atoms with Crippen molar-refractivity contribution in [2.24, 2.45) is 10.9 Å². The lowest BCUT2D eigenvalue weighted by Crippen LogP contribution is -2.38. The van der Waals surface area contributed by atoms with Gasteiger partial charge in [-0.2, -0.15) is 0 Å². The quantitative estimate of drug-likeness (QED) is 0.234. The molecule has 6 heteroatoms. The van der Waals surface area contributed by atoms with E-state index in [1.165, 1.54) is 12.8 Å². The molecule has 0 saturated heterocycles. The molecule has 0 amide bonds. The number of hydrogen-bond acceptors (Lipinski definition) is 3. The lowest BCUT2D eigenvalue weighted by Gasteiger charge is -2.13. The van der Waals surface area contributed by atoms with Gasteiger partial charge in [-0.25, -0.2) is 0 Å². The van der Waals surface area contributed by atoms with Crippen molar-refractivity contribution in [1.29, 1.82) is 0 Å². The molecule has 0 atom stereocenters. The number of aromatic hydroxyl groups is 1. The second-order valence-corrected chi connectivity index (χ2v) is 6.06. The van der Waals surface area contributed by atoms with E-state index in [0.29, 0.717) is 12.3 Å². The second kappa shape index (κ2) is 13.1. The standard InChI is InChI=1S/C18H31N3O2.HI/c1-14(2)7-5-6-11-20-18(19-3)21-12-10-15-8-9-16(23-4)13-17(15)22;/h8-9,13-14,22H,5-7,10-12H2,1-4H3,(H2,19,20,21);1H. The van der Waals surface area contributed by atoms with Crippen LogP contribution < -0.4 is 15.4 Å². The van der Waals surface area contributed by atoms with Crippen LogP contribution >= 0.6 is 24.0 Å². The summed E-state index contributed by atoms with van der Waals surface area (Å²) in [6.07, 6.45) is 4.38. The molecule has 0 unspecified atom stereocenters. The van der Waals surface area contributed by atoms with E-state index in [4.69, 9.17) is 4.74 Å². The van der Waals surface area contributed by atoms with Gasteiger partial charge in [-0.3, -0.25) is 4.99 Å². The predicted octanol–water partition coefficient (Wildman–Crippen LogP) is 3.55. The molecule has 0 aliphatic carbocycles. The molecule has 3 N–H and O–H groups in total. The van der Waals surface area contributed by atoms with Gasteiger partial charge in [-0.1, -0.05) is 32.8 Å². The first kappa shape index (κ1) is 22.8. The number of phenols is 1. The number of aliphatic imine (C=N–C) groups is 1. The van der Waals surface area contributed by atoms with Crippen molar-refractivity contribution in [3.8, 4) is 11.5 Å². The number of rotatable bonds is 9. The highest BCUT2D eigenvalue weighted by molar-refractivity contribution is 14.0. The minimum atomic E-state index is 0. The summed E-state index contributed by atoms with van der Waals surface area (Å²) in [5.74, 6) is 2.51. The van der Waals surface area contributed by atoms with Gasteiger partial charge in [0.2, 0.25) is 0 Å². The molecule has 5 nitrogen and oxygen atoms in total. The molecule has 138 valence electrons. The van der Waals surface area contributed by atoms with E-state index in [0.717, 1.165) is 36.8 Å². The van der Waals surface area contributed by atoms with E-state index in [9.17, 15) is 5.11 Å². The van der Waals surface area contributed by atoms with Crippen LogP contribution in [0.25, 0.3) is 0 Å². The third-order valence-electron chi connectivity index (χ3n) is 3.70. The number of ether oxygens (including phenoxy) is 1. The van der Waals surface area contributed by atoms with Crippen LogP contribution in [0, 0.1) is 5.92 Å². The molecule has 24 heavy (non-hydrogen) atoms. The number of nitrogens with one attached hydrogen (secondary N) is 2. The molecule has 1 aromatic carbocycles. The fourth-order valence-corrected chi connectivity index (χ4v) is 2.30. The van der Waals surface area contributed by atoms with E-state index in [-0.39, 0.29) is 29.7 Å². The van der Waals surface area contributed by atoms with E-state index in [2.05, 4.69) is 29.5 Å². The third kappa shape index (κ3) is 9.20. The molecule has 0 spiro atoms. The van der Waals surface area contributed by atoms with Crippen LogP contribution in [-0.2, 0) is 6.42 Å². The van der Waals surface area contributed by atoms with Gasteiger partial charge < -0.3 is 20.5 Å². The number of hydrogen-bond donors (Lipinski definition) is 3. The first-order valence-electron chi connectivity index (χ1n) is 8.37. The minimum absolute atomic E-state index is 0. The Labute approximate surface area is 163 Å². The SMILES string of the molecule is CN=C(NCCCCC(C)C)NCCc1ccc(OC)cc1O.I. The number of benzene rings is 1. The summed E-state index contributed by atoms with van der Waals surface area (Å²) >= 11 is 0. The lowest BCUT2D eigenvalue weighted by atomic mass is 10.1. The maximum atomic E-state index is 9.94. The Morgan fingerprint density at radius 2 is 1.92 bits per heavy atom. The summed E-state index contributed by atoms with van der Waals surface area (Å²) in [7, 11) is 3.36. The monoisotopic (exact) mass is 449 g/mol. The van der Waals surface area contributed by atoms with Crippen molar-refractivity contribution < 1.29 is 9.84 Å². The third-order valence-corrected chi connectivity index (χ3v) is 3.70. The molecule has 1 rings (SSSR count). The summed E-state index contributed by atoms with van der Waals surface area (Å²) in [5.41, 5.74) is 0.894. The first-order chi connectivity index (χ1) is 11.1. The fourth-order valence-electron chi connectivity index (χ4n) is 2.30. The van der Waals surface area contributed by atoms with E-state index >= 15 is 0 Å². The summed E-state index contributed by atoms with van der Waals surface area (Å²) < 4.78 is 5.08. The molecule has 0 aliphatic rings. The minimum Gasteiger partial charge on any atom is -0.508 e. The molecular weight excluding hydrogens is 417 g/mol. The van der Waals surface area contributed by atoms with Gasteiger partial charge in [-0.05, 0) is 30.4 Å². The second-order valence-electron chi connectivity index (χ2n) is 6.06. The highest BCUT2D eigenvalue weighted by Crippen LogP contribution is 2.23. The van der Waals surface area contributed by atoms with Crippen molar-refractivity contribution in [2.45, 2.75) is 39.5 Å². The number of guanidine groups is 1. The fraction of sp³-hybridized carbons (Fsp3) is 0.611. The van der Waals surface area contributed by atoms with Crippen LogP contribution in [0.2, 0.25) is 0 Å². The molecule has 0 aliphatic heterocycles. The van der Waals surface area contributed by atoms with Crippen LogP contribution in [-0.4, -0.2) is 38.3 Å². The van der Waals surface area contributed by atoms with Gasteiger partial charge in [0.25, 0.3) is 0 Å². The molecule has 1 aromatic rings. The van der Waals surface area contributed by atoms with Crippen LogP contribution in [0.1, 0.15) is 38.7 Å². The molecule has 0 fully saturated rings. The molecule has 0 heterocycles. The normalized spacial score (nSPS) is 11.1. The Morgan fingerprint density at radius 3 is 2.50 bits per heavy atom. The summed E-state index contributed by atoms with van der Waals surface area (Å²) in [4.78, 5) is 4.21. The zero-order valence-electron chi connectivity index (χ0n) is 15.3. The van der Waals surface area contributed by atoms with Crippen LogP contribution in [0.3, 0.4) is 0 Å². The van der Waals surface area contributed by atoms with Gasteiger partial charge in [-0.15, -0.1) is 24.0 Å². The highest BCUT2D eigenvalue weighted by atomic mass is 127. The van der Waals surface area contributed by atoms with Gasteiger partial charge in [0.1, 0.15) is 11.5 Å². The van der Waals surface area contributed by atoms with Gasteiger partial charge in [0.05, 0.1) is 7.11 Å². The van der Waals surface area contributed by atoms with E-state index in [1.807, 2.05) is 12.1 Å². The molecular formula is C18H32IN3O2. The van der Waals surface area contributed by atoms with Crippen molar-refractivity contribution in [3.63, 3.8) is 0 Å². The number of methoxy groups -OCH3 is 1. The zero-order chi connectivity index (χ0) is 17.1. The van der Waals surface area contributed by atoms with E-state index < -0.39 is 0 Å². The van der Waals surface area contributed by atoms with Crippen LogP contribution in [0.5, 0.6) is 11.5 Å². The highest BCUT2D eigenvalue weighted by Gasteiger charge is 2.04. The number of unbranched alkanes of at least 4 members (excludes halogenated alkanes) is 1. The number of nitrogens with zero attached hydrogens (tertiary/aromatic N) is 1. The van der Waals surface area contributed by atoms with Crippen molar-refractivity contribution in [3.05, 3.63) is 23.8 Å². The maximum absolute atomic E-state index is 9.94. The molecule has 0 aromatic heterocycles. The number of halogens is 1. The Morgan fingerprint density at radius 1 is 1.21 bits per heavy atom. The maximum Gasteiger partial charge on any atom is 0.190 e. The zero-order valence-corrected chi connectivity index (χ0v) is 17.6. The Bertz CT molecular complexity index is 493. The largest absolute Gasteiger partial charge is 0.508 e. The smallest absolute Gasteiger partial charge is 0.190 e. The first-order valence-corrected chi connectivity index (χ1v) is 8.37. The van der Waals surface area contributed by atoms with Gasteiger partial charge in [0, 0.05) is 26.2 Å². The average Bonchev–Trinajstić information content (AvgIpc) is 2.53. The van der Waals surface area contributed by atoms with Crippen molar-refractivity contribution in [2.75, 3.05) is 27.2 Å². The van der Waals surface area contributed by atoms with Crippen LogP contribution in [0.15, 0.2) is 23.2 Å². The topological polar surface area (TPSA) is 65.9 Å². The molecule has 0 radical (unpaired) electrons. The lowest BCUT2D eigenvalue weighted by molar-refractivity contribution is 0.406. The predicted molar refractivity (Wildman–Crippen MR) is 112 cm³/mol. The van der Waals surface area contributed by atoms with E-state index in [1.54, 1.807) is 20.2 Å². The Balaban J connectivity index is 0.00000529. The summed E-state index contributed by atoms with van der Waals surface area (Å²) in [6.45, 7) is 6.15. The van der Waals surface area contributed by atoms with Gasteiger partial charge >= 0.3 is 0 Å². The summed E-state index contributed by atoms with van der Waals surface area (Å²) in [6, 6.07) is 5.38. The summed E-state index contributed by atoms with van der Waals surface area (Å²) in [5, 5.41) is 16.5. The van der Waals surface area contributed by atoms with Crippen LogP contribution in [0.4, 0.5) is 0 Å².